The summed E-state index contributed by atoms with van der Waals surface area (Å²) >= 11 is 0. The fourth-order valence-electron chi connectivity index (χ4n) is 4.64. The van der Waals surface area contributed by atoms with Gasteiger partial charge in [0.25, 0.3) is 11.5 Å². The fraction of sp³-hybridized carbons (Fsp3) is 0.259. The normalized spacial score (nSPS) is 14.5. The van der Waals surface area contributed by atoms with Gasteiger partial charge in [0.2, 0.25) is 10.0 Å². The molecule has 0 spiro atoms. The van der Waals surface area contributed by atoms with Crippen LogP contribution in [0.2, 0.25) is 0 Å². The van der Waals surface area contributed by atoms with Gasteiger partial charge in [0, 0.05) is 45.9 Å². The SMILES string of the molecule is CCc1ccc2c(c1)c(-c1ccc[nH]c1=O)c(C(=O)NS(=O)(=O)C1CC1)n2Cc1cc([NH+](C)[O-])ccc1F. The molecule has 0 aliphatic heterocycles. The van der Waals surface area contributed by atoms with E-state index in [-0.39, 0.29) is 34.0 Å². The third-order valence-corrected chi connectivity index (χ3v) is 8.64. The van der Waals surface area contributed by atoms with Gasteiger partial charge < -0.3 is 19.8 Å². The molecule has 0 bridgehead atoms. The number of sulfonamides is 1. The first-order valence-electron chi connectivity index (χ1n) is 12.3. The number of amides is 1. The average Bonchev–Trinajstić information content (AvgIpc) is 3.70. The van der Waals surface area contributed by atoms with Crippen molar-refractivity contribution in [3.8, 4) is 11.1 Å². The Morgan fingerprint density at radius 2 is 1.97 bits per heavy atom. The highest BCUT2D eigenvalue weighted by Crippen LogP contribution is 2.36. The molecular formula is C27H27FN4O5S. The van der Waals surface area contributed by atoms with E-state index in [1.54, 1.807) is 18.2 Å². The second-order valence-corrected chi connectivity index (χ2v) is 11.4. The summed E-state index contributed by atoms with van der Waals surface area (Å²) in [5.74, 6) is -1.49. The van der Waals surface area contributed by atoms with Gasteiger partial charge >= 0.3 is 0 Å². The van der Waals surface area contributed by atoms with Crippen molar-refractivity contribution in [3.05, 3.63) is 92.9 Å². The van der Waals surface area contributed by atoms with Crippen LogP contribution in [0.15, 0.2) is 59.5 Å². The van der Waals surface area contributed by atoms with Crippen LogP contribution in [0.1, 0.15) is 41.4 Å². The first-order chi connectivity index (χ1) is 18.1. The maximum Gasteiger partial charge on any atom is 0.282 e. The zero-order valence-electron chi connectivity index (χ0n) is 20.9. The maximum atomic E-state index is 15.0. The Morgan fingerprint density at radius 3 is 2.63 bits per heavy atom. The third-order valence-electron chi connectivity index (χ3n) is 6.82. The Hall–Kier alpha value is -3.80. The standard InChI is InChI=1S/C27H27FN4O5S/c1-3-16-6-11-23-21(13-16)24(20-5-4-12-29-26(20)33)25(27(34)30-38(36,37)19-8-9-19)32(23)15-17-14-18(31(2)35)7-10-22(17)28/h4-7,10-14,19,31H,3,8-9,15H2,1-2H3,(H,29,33)(H,30,34). The molecule has 1 fully saturated rings. The number of carbonyl (C=O) groups excluding carboxylic acids is 1. The number of aromatic amines is 1. The zero-order valence-corrected chi connectivity index (χ0v) is 21.7. The predicted octanol–water partition coefficient (Wildman–Crippen LogP) is 2.61. The smallest absolute Gasteiger partial charge is 0.282 e. The number of fused-ring (bicyclic) bond motifs is 1. The monoisotopic (exact) mass is 538 g/mol. The molecule has 1 unspecified atom stereocenters. The lowest BCUT2D eigenvalue weighted by atomic mass is 10.0. The fourth-order valence-corrected chi connectivity index (χ4v) is 5.92. The number of aryl methyl sites for hydroxylation is 1. The topological polar surface area (TPSA) is 129 Å². The van der Waals surface area contributed by atoms with Crippen LogP contribution in [0, 0.1) is 11.0 Å². The lowest BCUT2D eigenvalue weighted by Gasteiger charge is -2.18. The van der Waals surface area contributed by atoms with E-state index in [9.17, 15) is 27.6 Å². The first-order valence-corrected chi connectivity index (χ1v) is 13.8. The number of rotatable bonds is 8. The van der Waals surface area contributed by atoms with Gasteiger partial charge in [-0.15, -0.1) is 0 Å². The number of aromatic nitrogens is 2. The average molecular weight is 539 g/mol. The summed E-state index contributed by atoms with van der Waals surface area (Å²) in [6, 6.07) is 12.6. The van der Waals surface area contributed by atoms with Gasteiger partial charge in [0.15, 0.2) is 0 Å². The van der Waals surface area contributed by atoms with Crippen LogP contribution >= 0.6 is 0 Å². The lowest BCUT2D eigenvalue weighted by molar-refractivity contribution is -0.751. The highest BCUT2D eigenvalue weighted by atomic mass is 32.2. The molecule has 4 aromatic rings. The van der Waals surface area contributed by atoms with Crippen molar-refractivity contribution in [1.29, 1.82) is 0 Å². The van der Waals surface area contributed by atoms with Crippen LogP contribution in [0.5, 0.6) is 0 Å². The molecule has 1 aliphatic carbocycles. The molecule has 0 saturated heterocycles. The lowest BCUT2D eigenvalue weighted by Crippen LogP contribution is -2.98. The van der Waals surface area contributed by atoms with Gasteiger partial charge in [-0.1, -0.05) is 13.0 Å². The Morgan fingerprint density at radius 1 is 1.21 bits per heavy atom. The molecular weight excluding hydrogens is 511 g/mol. The van der Waals surface area contributed by atoms with E-state index in [4.69, 9.17) is 0 Å². The maximum absolute atomic E-state index is 15.0. The predicted molar refractivity (Wildman–Crippen MR) is 142 cm³/mol. The number of halogens is 1. The van der Waals surface area contributed by atoms with Crippen molar-refractivity contribution in [2.75, 3.05) is 7.05 Å². The molecule has 11 heteroatoms. The highest BCUT2D eigenvalue weighted by molar-refractivity contribution is 7.91. The number of hydrogen-bond acceptors (Lipinski definition) is 5. The van der Waals surface area contributed by atoms with E-state index >= 15 is 0 Å². The van der Waals surface area contributed by atoms with Gasteiger partial charge in [0.05, 0.1) is 18.8 Å². The number of carbonyl (C=O) groups is 1. The van der Waals surface area contributed by atoms with Gasteiger partial charge in [-0.3, -0.25) is 9.59 Å². The molecule has 2 heterocycles. The number of hydroxylamine groups is 1. The number of quaternary nitrogens is 1. The van der Waals surface area contributed by atoms with E-state index in [2.05, 4.69) is 9.71 Å². The van der Waals surface area contributed by atoms with Gasteiger partial charge in [-0.25, -0.2) is 17.5 Å². The Balaban J connectivity index is 1.80. The number of nitrogens with zero attached hydrogens (tertiary/aromatic N) is 1. The summed E-state index contributed by atoms with van der Waals surface area (Å²) < 4.78 is 44.1. The van der Waals surface area contributed by atoms with Crippen molar-refractivity contribution in [1.82, 2.24) is 14.3 Å². The number of pyridine rings is 1. The van der Waals surface area contributed by atoms with E-state index < -0.39 is 32.6 Å². The van der Waals surface area contributed by atoms with E-state index in [0.29, 0.717) is 35.9 Å². The molecule has 1 atom stereocenters. The van der Waals surface area contributed by atoms with Crippen LogP contribution in [0.3, 0.4) is 0 Å². The third kappa shape index (κ3) is 4.75. The molecule has 9 nitrogen and oxygen atoms in total. The highest BCUT2D eigenvalue weighted by Gasteiger charge is 2.38. The minimum Gasteiger partial charge on any atom is -0.629 e. The zero-order chi connectivity index (χ0) is 27.2. The summed E-state index contributed by atoms with van der Waals surface area (Å²) in [5.41, 5.74) is 1.78. The summed E-state index contributed by atoms with van der Waals surface area (Å²) in [5, 5.41) is 11.6. The first kappa shape index (κ1) is 25.8. The van der Waals surface area contributed by atoms with Gasteiger partial charge in [0.1, 0.15) is 17.2 Å². The Labute approximate surface area is 218 Å². The molecule has 0 radical (unpaired) electrons. The van der Waals surface area contributed by atoms with Crippen molar-refractivity contribution < 1.29 is 22.7 Å². The van der Waals surface area contributed by atoms with Crippen LogP contribution in [-0.2, 0) is 23.0 Å². The number of hydrogen-bond donors (Lipinski definition) is 3. The minimum absolute atomic E-state index is 0.0817. The molecule has 1 aliphatic rings. The summed E-state index contributed by atoms with van der Waals surface area (Å²) in [6.07, 6.45) is 3.06. The number of benzene rings is 2. The summed E-state index contributed by atoms with van der Waals surface area (Å²) in [4.78, 5) is 29.3. The molecule has 3 N–H and O–H groups in total. The van der Waals surface area contributed by atoms with E-state index in [1.807, 2.05) is 19.1 Å². The van der Waals surface area contributed by atoms with E-state index in [0.717, 1.165) is 5.56 Å². The Bertz CT molecular complexity index is 1720. The van der Waals surface area contributed by atoms with Crippen LogP contribution in [0.25, 0.3) is 22.0 Å². The molecule has 2 aromatic carbocycles. The van der Waals surface area contributed by atoms with Crippen molar-refractivity contribution in [2.24, 2.45) is 0 Å². The second kappa shape index (κ2) is 9.82. The largest absolute Gasteiger partial charge is 0.629 e. The summed E-state index contributed by atoms with van der Waals surface area (Å²) in [7, 11) is -2.56. The number of nitrogens with one attached hydrogen (secondary N) is 3. The second-order valence-electron chi connectivity index (χ2n) is 9.47. The van der Waals surface area contributed by atoms with Crippen molar-refractivity contribution in [3.63, 3.8) is 0 Å². The van der Waals surface area contributed by atoms with E-state index in [1.165, 1.54) is 36.0 Å². The summed E-state index contributed by atoms with van der Waals surface area (Å²) in [6.45, 7) is 1.79. The van der Waals surface area contributed by atoms with Gasteiger partial charge in [-0.2, -0.15) is 0 Å². The Kier molecular flexibility index (Phi) is 6.68. The molecule has 198 valence electrons. The quantitative estimate of drug-likeness (QED) is 0.297. The molecule has 1 saturated carbocycles. The number of H-pyrrole nitrogens is 1. The molecule has 5 rings (SSSR count). The minimum atomic E-state index is -3.93. The van der Waals surface area contributed by atoms with Crippen LogP contribution < -0.4 is 15.3 Å². The molecule has 1 amide bonds. The van der Waals surface area contributed by atoms with Crippen molar-refractivity contribution >= 4 is 32.5 Å². The van der Waals surface area contributed by atoms with Gasteiger partial charge in [-0.05, 0) is 55.2 Å². The molecule has 2 aromatic heterocycles. The van der Waals surface area contributed by atoms with Crippen LogP contribution in [0.4, 0.5) is 10.1 Å². The molecule has 38 heavy (non-hydrogen) atoms. The van der Waals surface area contributed by atoms with Crippen molar-refractivity contribution in [2.45, 2.75) is 38.0 Å². The van der Waals surface area contributed by atoms with Crippen LogP contribution in [-0.4, -0.2) is 36.2 Å².